The number of benzene rings is 1. The zero-order valence-electron chi connectivity index (χ0n) is 14.7. The monoisotopic (exact) mass is 377 g/mol. The zero-order valence-corrected chi connectivity index (χ0v) is 16.3. The van der Waals surface area contributed by atoms with Crippen LogP contribution in [0.2, 0.25) is 0 Å². The minimum absolute atomic E-state index is 0.0745. The summed E-state index contributed by atoms with van der Waals surface area (Å²) < 4.78 is 0.781. The molecule has 1 aromatic carbocycles. The predicted molar refractivity (Wildman–Crippen MR) is 103 cm³/mol. The molecule has 2 N–H and O–H groups in total. The van der Waals surface area contributed by atoms with E-state index in [0.29, 0.717) is 13.1 Å². The molecule has 2 aromatic rings. The molecule has 0 aliphatic heterocycles. The van der Waals surface area contributed by atoms with E-state index in [1.165, 1.54) is 23.1 Å². The molecule has 0 aliphatic rings. The maximum Gasteiger partial charge on any atom is 0.240 e. The molecule has 25 heavy (non-hydrogen) atoms. The fourth-order valence-electron chi connectivity index (χ4n) is 2.46. The van der Waals surface area contributed by atoms with Crippen LogP contribution in [0.15, 0.2) is 34.7 Å². The molecule has 2 amide bonds. The van der Waals surface area contributed by atoms with Gasteiger partial charge in [0.25, 0.3) is 0 Å². The number of nitrogens with zero attached hydrogens (tertiary/aromatic N) is 2. The van der Waals surface area contributed by atoms with Crippen LogP contribution < -0.4 is 5.73 Å². The second kappa shape index (κ2) is 9.01. The summed E-state index contributed by atoms with van der Waals surface area (Å²) in [6.45, 7) is 7.16. The average Bonchev–Trinajstić information content (AvgIpc) is 2.93. The first kappa shape index (κ1) is 19.5. The first-order chi connectivity index (χ1) is 12.0. The van der Waals surface area contributed by atoms with Gasteiger partial charge in [0.1, 0.15) is 5.25 Å². The molecule has 0 saturated carbocycles. The largest absolute Gasteiger partial charge is 0.369 e. The number of carbonyl (C=O) groups is 2. The van der Waals surface area contributed by atoms with Crippen molar-refractivity contribution in [1.29, 1.82) is 0 Å². The van der Waals surface area contributed by atoms with Gasteiger partial charge in [-0.3, -0.25) is 9.59 Å². The van der Waals surface area contributed by atoms with Crippen molar-refractivity contribution >= 4 is 34.9 Å². The minimum Gasteiger partial charge on any atom is -0.369 e. The van der Waals surface area contributed by atoms with Crippen LogP contribution in [0, 0.1) is 6.92 Å². The normalized spacial score (nSPS) is 12.0. The third-order valence-electron chi connectivity index (χ3n) is 3.83. The van der Waals surface area contributed by atoms with Gasteiger partial charge in [0, 0.05) is 18.0 Å². The van der Waals surface area contributed by atoms with Gasteiger partial charge in [0.2, 0.25) is 11.8 Å². The number of hydrogen-bond acceptors (Lipinski definition) is 5. The first-order valence-electron chi connectivity index (χ1n) is 8.21. The Balaban J connectivity index is 2.30. The number of hydrogen-bond donors (Lipinski definition) is 1. The van der Waals surface area contributed by atoms with Gasteiger partial charge in [-0.25, -0.2) is 4.98 Å². The lowest BCUT2D eigenvalue weighted by Crippen LogP contribution is -2.33. The molecule has 7 heteroatoms. The van der Waals surface area contributed by atoms with Crippen molar-refractivity contribution in [2.75, 3.05) is 13.1 Å². The van der Waals surface area contributed by atoms with Gasteiger partial charge in [0.15, 0.2) is 4.34 Å². The molecule has 0 saturated heterocycles. The van der Waals surface area contributed by atoms with E-state index in [1.54, 1.807) is 0 Å². The molecule has 2 rings (SSSR count). The summed E-state index contributed by atoms with van der Waals surface area (Å²) in [5.41, 5.74) is 7.04. The van der Waals surface area contributed by atoms with Gasteiger partial charge in [-0.05, 0) is 26.3 Å². The lowest BCUT2D eigenvalue weighted by Gasteiger charge is -2.24. The Hall–Kier alpha value is -1.86. The number of aryl methyl sites for hydroxylation is 1. The van der Waals surface area contributed by atoms with Crippen LogP contribution in [0.5, 0.6) is 0 Å². The Morgan fingerprint density at radius 3 is 2.44 bits per heavy atom. The Bertz CT molecular complexity index is 727. The fraction of sp³-hybridized carbons (Fsp3) is 0.389. The van der Waals surface area contributed by atoms with Gasteiger partial charge in [-0.15, -0.1) is 11.3 Å². The van der Waals surface area contributed by atoms with Crippen molar-refractivity contribution < 1.29 is 9.59 Å². The van der Waals surface area contributed by atoms with Crippen LogP contribution in [-0.4, -0.2) is 34.8 Å². The zero-order chi connectivity index (χ0) is 18.4. The van der Waals surface area contributed by atoms with E-state index < -0.39 is 0 Å². The molecule has 0 radical (unpaired) electrons. The van der Waals surface area contributed by atoms with Crippen LogP contribution in [0.3, 0.4) is 0 Å². The number of thioether (sulfide) groups is 1. The number of nitrogens with two attached hydrogens (primary N) is 1. The molecular formula is C18H23N3O2S2. The number of thiazole rings is 1. The predicted octanol–water partition coefficient (Wildman–Crippen LogP) is 3.18. The van der Waals surface area contributed by atoms with Crippen molar-refractivity contribution in [3.63, 3.8) is 0 Å². The highest BCUT2D eigenvalue weighted by Gasteiger charge is 2.27. The molecule has 1 heterocycles. The van der Waals surface area contributed by atoms with Crippen molar-refractivity contribution in [3.05, 3.63) is 46.5 Å². The SMILES string of the molecule is CCN(CC)C(=O)C(Sc1nc(C)c(CC(N)=O)s1)c1ccccc1. The maximum absolute atomic E-state index is 13.0. The third kappa shape index (κ3) is 5.06. The van der Waals surface area contributed by atoms with Crippen LogP contribution in [0.1, 0.15) is 35.2 Å². The summed E-state index contributed by atoms with van der Waals surface area (Å²) in [4.78, 5) is 31.4. The standard InChI is InChI=1S/C18H23N3O2S2/c1-4-21(5-2)17(23)16(13-9-7-6-8-10-13)25-18-20-12(3)14(24-18)11-15(19)22/h6-10,16H,4-5,11H2,1-3H3,(H2,19,22). The number of likely N-dealkylation sites (N-methyl/N-ethyl adjacent to an activating group) is 1. The molecule has 134 valence electrons. The summed E-state index contributed by atoms with van der Waals surface area (Å²) in [5.74, 6) is -0.298. The van der Waals surface area contributed by atoms with E-state index in [-0.39, 0.29) is 23.5 Å². The van der Waals surface area contributed by atoms with E-state index in [4.69, 9.17) is 5.73 Å². The van der Waals surface area contributed by atoms with Gasteiger partial charge in [-0.2, -0.15) is 0 Å². The van der Waals surface area contributed by atoms with Crippen LogP contribution in [0.25, 0.3) is 0 Å². The Kier molecular flexibility index (Phi) is 7.01. The molecule has 1 unspecified atom stereocenters. The summed E-state index contributed by atoms with van der Waals surface area (Å²) in [6, 6.07) is 9.73. The second-order valence-electron chi connectivity index (χ2n) is 5.55. The third-order valence-corrected chi connectivity index (χ3v) is 6.32. The highest BCUT2D eigenvalue weighted by molar-refractivity contribution is 8.01. The summed E-state index contributed by atoms with van der Waals surface area (Å²) in [7, 11) is 0. The fourth-order valence-corrected chi connectivity index (χ4v) is 4.98. The van der Waals surface area contributed by atoms with Crippen LogP contribution in [-0.2, 0) is 16.0 Å². The molecule has 5 nitrogen and oxygen atoms in total. The Morgan fingerprint density at radius 1 is 1.24 bits per heavy atom. The molecule has 0 fully saturated rings. The number of carbonyl (C=O) groups excluding carboxylic acids is 2. The van der Waals surface area contributed by atoms with Crippen LogP contribution >= 0.6 is 23.1 Å². The van der Waals surface area contributed by atoms with Crippen LogP contribution in [0.4, 0.5) is 0 Å². The first-order valence-corrected chi connectivity index (χ1v) is 9.90. The number of primary amides is 1. The Labute approximate surface area is 156 Å². The lowest BCUT2D eigenvalue weighted by molar-refractivity contribution is -0.130. The van der Waals surface area contributed by atoms with Crippen molar-refractivity contribution in [2.24, 2.45) is 5.73 Å². The van der Waals surface area contributed by atoms with Crippen molar-refractivity contribution in [1.82, 2.24) is 9.88 Å². The van der Waals surface area contributed by atoms with Gasteiger partial charge in [0.05, 0.1) is 12.1 Å². The summed E-state index contributed by atoms with van der Waals surface area (Å²) in [6.07, 6.45) is 0.185. The average molecular weight is 378 g/mol. The number of amides is 2. The maximum atomic E-state index is 13.0. The van der Waals surface area contributed by atoms with Gasteiger partial charge in [-0.1, -0.05) is 42.1 Å². The van der Waals surface area contributed by atoms with Gasteiger partial charge >= 0.3 is 0 Å². The number of rotatable bonds is 8. The molecule has 0 bridgehead atoms. The molecule has 1 atom stereocenters. The summed E-state index contributed by atoms with van der Waals surface area (Å²) in [5, 5.41) is -0.354. The quantitative estimate of drug-likeness (QED) is 0.717. The van der Waals surface area contributed by atoms with Crippen molar-refractivity contribution in [3.8, 4) is 0 Å². The Morgan fingerprint density at radius 2 is 1.88 bits per heavy atom. The highest BCUT2D eigenvalue weighted by Crippen LogP contribution is 2.39. The topological polar surface area (TPSA) is 76.3 Å². The molecular weight excluding hydrogens is 354 g/mol. The lowest BCUT2D eigenvalue weighted by atomic mass is 10.1. The highest BCUT2D eigenvalue weighted by atomic mass is 32.2. The number of aromatic nitrogens is 1. The van der Waals surface area contributed by atoms with E-state index in [9.17, 15) is 9.59 Å². The van der Waals surface area contributed by atoms with E-state index in [0.717, 1.165) is 20.5 Å². The van der Waals surface area contributed by atoms with E-state index >= 15 is 0 Å². The molecule has 1 aromatic heterocycles. The molecule has 0 aliphatic carbocycles. The minimum atomic E-state index is -0.373. The molecule has 0 spiro atoms. The van der Waals surface area contributed by atoms with Crippen molar-refractivity contribution in [2.45, 2.75) is 36.8 Å². The van der Waals surface area contributed by atoms with Gasteiger partial charge < -0.3 is 10.6 Å². The second-order valence-corrected chi connectivity index (χ2v) is 7.99. The smallest absolute Gasteiger partial charge is 0.240 e. The summed E-state index contributed by atoms with van der Waals surface area (Å²) >= 11 is 2.87. The van der Waals surface area contributed by atoms with E-state index in [2.05, 4.69) is 4.98 Å². The van der Waals surface area contributed by atoms with E-state index in [1.807, 2.05) is 56.0 Å².